The fourth-order valence-corrected chi connectivity index (χ4v) is 3.02. The van der Waals surface area contributed by atoms with Crippen LogP contribution in [0, 0.1) is 11.3 Å². The first-order valence-electron chi connectivity index (χ1n) is 7.72. The van der Waals surface area contributed by atoms with Gasteiger partial charge in [0.2, 0.25) is 0 Å². The molecule has 0 bridgehead atoms. The van der Waals surface area contributed by atoms with Crippen molar-refractivity contribution in [2.45, 2.75) is 18.7 Å². The summed E-state index contributed by atoms with van der Waals surface area (Å²) in [5.41, 5.74) is -0.109. The highest BCUT2D eigenvalue weighted by atomic mass is 19.4. The molecule has 132 valence electrons. The second-order valence-electron chi connectivity index (χ2n) is 6.25. The summed E-state index contributed by atoms with van der Waals surface area (Å²) in [5, 5.41) is 13.4. The van der Waals surface area contributed by atoms with E-state index in [1.807, 2.05) is 24.1 Å². The van der Waals surface area contributed by atoms with Gasteiger partial charge in [0.25, 0.3) is 0 Å². The van der Waals surface area contributed by atoms with Crippen LogP contribution >= 0.6 is 0 Å². The third-order valence-corrected chi connectivity index (χ3v) is 4.37. The van der Waals surface area contributed by atoms with Crippen molar-refractivity contribution in [2.24, 2.45) is 7.05 Å². The van der Waals surface area contributed by atoms with Crippen LogP contribution in [0.2, 0.25) is 0 Å². The van der Waals surface area contributed by atoms with Gasteiger partial charge in [0.05, 0.1) is 36.2 Å². The first kappa shape index (κ1) is 17.3. The van der Waals surface area contributed by atoms with Crippen molar-refractivity contribution in [1.82, 2.24) is 9.78 Å². The quantitative estimate of drug-likeness (QED) is 0.835. The molecule has 8 heteroatoms. The van der Waals surface area contributed by atoms with E-state index in [4.69, 9.17) is 4.74 Å². The van der Waals surface area contributed by atoms with Gasteiger partial charge in [0.1, 0.15) is 11.7 Å². The maximum atomic E-state index is 12.9. The van der Waals surface area contributed by atoms with Crippen LogP contribution in [0.3, 0.4) is 0 Å². The lowest BCUT2D eigenvalue weighted by Gasteiger charge is -2.41. The van der Waals surface area contributed by atoms with Crippen LogP contribution in [0.15, 0.2) is 30.6 Å². The van der Waals surface area contributed by atoms with Gasteiger partial charge in [-0.3, -0.25) is 4.68 Å². The zero-order valence-electron chi connectivity index (χ0n) is 13.8. The Kier molecular flexibility index (Phi) is 4.21. The van der Waals surface area contributed by atoms with Crippen molar-refractivity contribution in [3.63, 3.8) is 0 Å². The summed E-state index contributed by atoms with van der Waals surface area (Å²) in [6, 6.07) is 5.14. The van der Waals surface area contributed by atoms with Crippen molar-refractivity contribution >= 4 is 5.69 Å². The first-order valence-corrected chi connectivity index (χ1v) is 7.72. The Morgan fingerprint density at radius 3 is 2.72 bits per heavy atom. The molecule has 5 nitrogen and oxygen atoms in total. The van der Waals surface area contributed by atoms with E-state index in [1.54, 1.807) is 17.9 Å². The lowest BCUT2D eigenvalue weighted by atomic mass is 9.96. The van der Waals surface area contributed by atoms with E-state index in [1.165, 1.54) is 6.07 Å². The van der Waals surface area contributed by atoms with Crippen LogP contribution in [0.1, 0.15) is 23.6 Å². The maximum absolute atomic E-state index is 12.9. The predicted molar refractivity (Wildman–Crippen MR) is 84.9 cm³/mol. The first-order chi connectivity index (χ1) is 11.7. The second-order valence-corrected chi connectivity index (χ2v) is 6.25. The van der Waals surface area contributed by atoms with E-state index < -0.39 is 17.3 Å². The monoisotopic (exact) mass is 350 g/mol. The summed E-state index contributed by atoms with van der Waals surface area (Å²) in [6.45, 7) is 3.22. The molecule has 1 aliphatic heterocycles. The number of anilines is 1. The van der Waals surface area contributed by atoms with Gasteiger partial charge in [-0.05, 0) is 25.1 Å². The van der Waals surface area contributed by atoms with E-state index in [-0.39, 0.29) is 5.56 Å². The van der Waals surface area contributed by atoms with Crippen LogP contribution in [0.5, 0.6) is 0 Å². The summed E-state index contributed by atoms with van der Waals surface area (Å²) in [4.78, 5) is 1.88. The molecule has 0 spiro atoms. The average Bonchev–Trinajstić information content (AvgIpc) is 3.01. The Morgan fingerprint density at radius 2 is 2.12 bits per heavy atom. The van der Waals surface area contributed by atoms with Gasteiger partial charge in [0, 0.05) is 25.4 Å². The van der Waals surface area contributed by atoms with Gasteiger partial charge >= 0.3 is 6.18 Å². The number of benzene rings is 1. The minimum Gasteiger partial charge on any atom is -0.367 e. The molecule has 2 aromatic rings. The molecule has 2 heterocycles. The predicted octanol–water partition coefficient (Wildman–Crippen LogP) is 3.06. The van der Waals surface area contributed by atoms with Crippen molar-refractivity contribution < 1.29 is 17.9 Å². The number of halogens is 3. The Hall–Kier alpha value is -2.53. The largest absolute Gasteiger partial charge is 0.416 e. The molecular formula is C17H17F3N4O. The number of nitriles is 1. The van der Waals surface area contributed by atoms with E-state index in [2.05, 4.69) is 5.10 Å². The van der Waals surface area contributed by atoms with Crippen molar-refractivity contribution in [1.29, 1.82) is 5.26 Å². The topological polar surface area (TPSA) is 54.1 Å². The second kappa shape index (κ2) is 6.08. The molecule has 1 fully saturated rings. The summed E-state index contributed by atoms with van der Waals surface area (Å²) in [6.07, 6.45) is -0.914. The van der Waals surface area contributed by atoms with Gasteiger partial charge < -0.3 is 9.64 Å². The number of rotatable bonds is 2. The SMILES string of the molecule is Cn1cc(C2(C)CN(c3ccc(C(F)(F)F)cc3C#N)CCO2)cn1. The lowest BCUT2D eigenvalue weighted by Crippen LogP contribution is -2.48. The summed E-state index contributed by atoms with van der Waals surface area (Å²) in [5.74, 6) is 0. The Bertz CT molecular complexity index is 824. The van der Waals surface area contributed by atoms with Gasteiger partial charge in [-0.15, -0.1) is 0 Å². The number of hydrogen-bond donors (Lipinski definition) is 0. The Labute approximate surface area is 143 Å². The van der Waals surface area contributed by atoms with E-state index in [9.17, 15) is 18.4 Å². The molecule has 0 radical (unpaired) electrons. The van der Waals surface area contributed by atoms with Gasteiger partial charge in [-0.1, -0.05) is 0 Å². The van der Waals surface area contributed by atoms with Crippen LogP contribution in [0.25, 0.3) is 0 Å². The molecule has 0 saturated carbocycles. The van der Waals surface area contributed by atoms with Gasteiger partial charge in [-0.25, -0.2) is 0 Å². The third kappa shape index (κ3) is 3.33. The van der Waals surface area contributed by atoms with E-state index in [0.29, 0.717) is 25.4 Å². The molecule has 0 N–H and O–H groups in total. The number of hydrogen-bond acceptors (Lipinski definition) is 4. The number of alkyl halides is 3. The fourth-order valence-electron chi connectivity index (χ4n) is 3.02. The van der Waals surface area contributed by atoms with Crippen molar-refractivity contribution in [3.05, 3.63) is 47.3 Å². The molecule has 0 aliphatic carbocycles. The highest BCUT2D eigenvalue weighted by Gasteiger charge is 2.36. The molecule has 3 rings (SSSR count). The molecule has 1 atom stereocenters. The van der Waals surface area contributed by atoms with E-state index >= 15 is 0 Å². The fraction of sp³-hybridized carbons (Fsp3) is 0.412. The smallest absolute Gasteiger partial charge is 0.367 e. The van der Waals surface area contributed by atoms with Crippen LogP contribution in [-0.2, 0) is 23.6 Å². The molecule has 25 heavy (non-hydrogen) atoms. The van der Waals surface area contributed by atoms with Crippen molar-refractivity contribution in [2.75, 3.05) is 24.6 Å². The average molecular weight is 350 g/mol. The minimum atomic E-state index is -4.47. The molecular weight excluding hydrogens is 333 g/mol. The summed E-state index contributed by atoms with van der Waals surface area (Å²) < 4.78 is 46.2. The van der Waals surface area contributed by atoms with Crippen molar-refractivity contribution in [3.8, 4) is 6.07 Å². The molecule has 1 aliphatic rings. The molecule has 1 saturated heterocycles. The maximum Gasteiger partial charge on any atom is 0.416 e. The van der Waals surface area contributed by atoms with Crippen LogP contribution in [0.4, 0.5) is 18.9 Å². The zero-order chi connectivity index (χ0) is 18.2. The highest BCUT2D eigenvalue weighted by Crippen LogP contribution is 2.36. The molecule has 1 aromatic carbocycles. The zero-order valence-corrected chi connectivity index (χ0v) is 13.8. The van der Waals surface area contributed by atoms with E-state index in [0.717, 1.165) is 17.7 Å². The standard InChI is InChI=1S/C17H17F3N4O/c1-16(14-9-22-23(2)10-14)11-24(5-6-25-16)15-4-3-13(17(18,19)20)7-12(15)8-21/h3-4,7,9-10H,5-6,11H2,1-2H3. The summed E-state index contributed by atoms with van der Waals surface area (Å²) >= 11 is 0. The minimum absolute atomic E-state index is 0.00487. The molecule has 0 amide bonds. The normalized spacial score (nSPS) is 21.2. The molecule has 1 aromatic heterocycles. The number of ether oxygens (including phenoxy) is 1. The van der Waals surface area contributed by atoms with Crippen LogP contribution < -0.4 is 4.90 Å². The number of aryl methyl sites for hydroxylation is 1. The Balaban J connectivity index is 1.93. The Morgan fingerprint density at radius 1 is 1.36 bits per heavy atom. The number of morpholine rings is 1. The van der Waals surface area contributed by atoms with Crippen LogP contribution in [-0.4, -0.2) is 29.5 Å². The molecule has 1 unspecified atom stereocenters. The number of aromatic nitrogens is 2. The van der Waals surface area contributed by atoms with Gasteiger partial charge in [0.15, 0.2) is 0 Å². The lowest BCUT2D eigenvalue weighted by molar-refractivity contribution is -0.137. The van der Waals surface area contributed by atoms with Gasteiger partial charge in [-0.2, -0.15) is 23.5 Å². The third-order valence-electron chi connectivity index (χ3n) is 4.37. The summed E-state index contributed by atoms with van der Waals surface area (Å²) in [7, 11) is 1.80. The number of nitrogens with zero attached hydrogens (tertiary/aromatic N) is 4. The highest BCUT2D eigenvalue weighted by molar-refractivity contribution is 5.61.